The Morgan fingerprint density at radius 3 is 0.776 bits per heavy atom. The highest BCUT2D eigenvalue weighted by atomic mass is 31.2. The minimum absolute atomic E-state index is 0.107. The molecule has 0 spiro atoms. The molecular weight excluding hydrogens is 1280 g/mol. The van der Waals surface area contributed by atoms with E-state index in [1.54, 1.807) is 0 Å². The monoisotopic (exact) mass is 1440 g/mol. The molecule has 0 aromatic carbocycles. The zero-order valence-electron chi connectivity index (χ0n) is 64.3. The summed E-state index contributed by atoms with van der Waals surface area (Å²) in [4.78, 5) is 72.9. The van der Waals surface area contributed by atoms with Crippen LogP contribution in [0, 0.1) is 17.8 Å². The summed E-state index contributed by atoms with van der Waals surface area (Å²) in [6, 6.07) is 0. The number of unbranched alkanes of at least 4 members (excludes halogenated alkanes) is 44. The number of phosphoric ester groups is 2. The van der Waals surface area contributed by atoms with Crippen LogP contribution in [-0.2, 0) is 65.4 Å². The van der Waals surface area contributed by atoms with Crippen LogP contribution in [0.25, 0.3) is 0 Å². The lowest BCUT2D eigenvalue weighted by atomic mass is 9.99. The molecule has 0 aliphatic rings. The van der Waals surface area contributed by atoms with Gasteiger partial charge in [0.2, 0.25) is 0 Å². The number of aliphatic hydroxyl groups excluding tert-OH is 1. The summed E-state index contributed by atoms with van der Waals surface area (Å²) < 4.78 is 68.6. The molecule has 3 unspecified atom stereocenters. The van der Waals surface area contributed by atoms with Crippen LogP contribution in [0.5, 0.6) is 0 Å². The summed E-state index contributed by atoms with van der Waals surface area (Å²) in [5.41, 5.74) is 0. The molecule has 98 heavy (non-hydrogen) atoms. The highest BCUT2D eigenvalue weighted by Crippen LogP contribution is 2.45. The highest BCUT2D eigenvalue weighted by molar-refractivity contribution is 7.47. The van der Waals surface area contributed by atoms with Crippen LogP contribution in [0.15, 0.2) is 0 Å². The lowest BCUT2D eigenvalue weighted by molar-refractivity contribution is -0.161. The molecule has 0 saturated carbocycles. The molecule has 3 N–H and O–H groups in total. The lowest BCUT2D eigenvalue weighted by Gasteiger charge is -2.21. The molecule has 0 bridgehead atoms. The third-order valence-electron chi connectivity index (χ3n) is 18.7. The van der Waals surface area contributed by atoms with E-state index in [1.807, 2.05) is 0 Å². The van der Waals surface area contributed by atoms with Gasteiger partial charge in [-0.1, -0.05) is 357 Å². The Hall–Kier alpha value is -1.94. The van der Waals surface area contributed by atoms with Crippen molar-refractivity contribution in [2.24, 2.45) is 17.8 Å². The standard InChI is InChI=1S/C79H154O17P2/c1-8-10-11-12-13-14-15-25-32-41-48-55-62-78(83)96-75(67-90-77(82)61-54-47-40-35-34-37-44-51-58-71(5)6)69-94-98(87,88)92-65-73(80)64-91-97(85,86)93-68-74(66-89-76(81)60-53-46-39-31-28-27-30-38-45-52-59-72(7)9-2)95-79(84)63-56-49-42-33-26-23-21-19-17-16-18-20-22-24-29-36-43-50-57-70(3)4/h70-75,80H,8-69H2,1-7H3,(H,85,86)(H,87,88)/t72?,73-,74-,75-/m1/s1. The molecule has 17 nitrogen and oxygen atoms in total. The molecule has 0 heterocycles. The van der Waals surface area contributed by atoms with Crippen LogP contribution in [0.2, 0.25) is 0 Å². The zero-order valence-corrected chi connectivity index (χ0v) is 66.0. The molecular formula is C79H154O17P2. The summed E-state index contributed by atoms with van der Waals surface area (Å²) in [7, 11) is -9.92. The van der Waals surface area contributed by atoms with Crippen molar-refractivity contribution in [1.82, 2.24) is 0 Å². The molecule has 0 aromatic rings. The van der Waals surface area contributed by atoms with E-state index in [1.165, 1.54) is 218 Å². The van der Waals surface area contributed by atoms with E-state index in [4.69, 9.17) is 37.0 Å². The summed E-state index contributed by atoms with van der Waals surface area (Å²) in [6.07, 6.45) is 56.8. The number of carbonyl (C=O) groups is 4. The highest BCUT2D eigenvalue weighted by Gasteiger charge is 2.30. The van der Waals surface area contributed by atoms with E-state index in [9.17, 15) is 43.2 Å². The fourth-order valence-corrected chi connectivity index (χ4v) is 13.7. The number of hydrogen-bond donors (Lipinski definition) is 3. The largest absolute Gasteiger partial charge is 0.472 e. The van der Waals surface area contributed by atoms with Crippen LogP contribution in [0.1, 0.15) is 408 Å². The first-order valence-electron chi connectivity index (χ1n) is 40.9. The second kappa shape index (κ2) is 69.4. The summed E-state index contributed by atoms with van der Waals surface area (Å²) in [6.45, 7) is 12.0. The molecule has 19 heteroatoms. The van der Waals surface area contributed by atoms with E-state index in [-0.39, 0.29) is 25.7 Å². The van der Waals surface area contributed by atoms with Gasteiger partial charge in [0, 0.05) is 25.7 Å². The minimum atomic E-state index is -4.96. The Balaban J connectivity index is 5.22. The van der Waals surface area contributed by atoms with Gasteiger partial charge in [-0.2, -0.15) is 0 Å². The summed E-state index contributed by atoms with van der Waals surface area (Å²) in [5.74, 6) is 0.243. The number of carbonyl (C=O) groups excluding carboxylic acids is 4. The number of phosphoric acid groups is 2. The first-order chi connectivity index (χ1) is 47.3. The smallest absolute Gasteiger partial charge is 0.462 e. The van der Waals surface area contributed by atoms with Gasteiger partial charge in [0.25, 0.3) is 0 Å². The first-order valence-corrected chi connectivity index (χ1v) is 43.9. The number of aliphatic hydroxyl groups is 1. The molecule has 0 aromatic heterocycles. The van der Waals surface area contributed by atoms with Gasteiger partial charge in [-0.3, -0.25) is 37.3 Å². The first kappa shape index (κ1) is 96.1. The Morgan fingerprint density at radius 1 is 0.296 bits per heavy atom. The Bertz CT molecular complexity index is 1910. The van der Waals surface area contributed by atoms with E-state index in [0.29, 0.717) is 25.7 Å². The van der Waals surface area contributed by atoms with Crippen molar-refractivity contribution in [3.05, 3.63) is 0 Å². The van der Waals surface area contributed by atoms with Gasteiger partial charge in [-0.15, -0.1) is 0 Å². The van der Waals surface area contributed by atoms with Crippen molar-refractivity contribution < 1.29 is 80.2 Å². The normalized spacial score (nSPS) is 14.3. The molecule has 0 fully saturated rings. The van der Waals surface area contributed by atoms with Crippen molar-refractivity contribution in [3.8, 4) is 0 Å². The summed E-state index contributed by atoms with van der Waals surface area (Å²) >= 11 is 0. The second-order valence-electron chi connectivity index (χ2n) is 29.6. The number of esters is 4. The molecule has 6 atom stereocenters. The maximum atomic E-state index is 13.1. The predicted octanol–water partition coefficient (Wildman–Crippen LogP) is 23.4. The third-order valence-corrected chi connectivity index (χ3v) is 20.6. The average molecular weight is 1440 g/mol. The van der Waals surface area contributed by atoms with Gasteiger partial charge in [0.1, 0.15) is 19.3 Å². The van der Waals surface area contributed by atoms with Crippen molar-refractivity contribution in [3.63, 3.8) is 0 Å². The van der Waals surface area contributed by atoms with Gasteiger partial charge in [0.15, 0.2) is 12.2 Å². The minimum Gasteiger partial charge on any atom is -0.462 e. The average Bonchev–Trinajstić information content (AvgIpc) is 1.04. The Morgan fingerprint density at radius 2 is 0.520 bits per heavy atom. The lowest BCUT2D eigenvalue weighted by Crippen LogP contribution is -2.30. The zero-order chi connectivity index (χ0) is 72.3. The summed E-state index contributed by atoms with van der Waals surface area (Å²) in [5, 5.41) is 10.6. The van der Waals surface area contributed by atoms with E-state index >= 15 is 0 Å². The molecule has 0 amide bonds. The third kappa shape index (κ3) is 71.1. The quantitative estimate of drug-likeness (QED) is 0.0222. The molecule has 0 saturated heterocycles. The van der Waals surface area contributed by atoms with Gasteiger partial charge in [0.05, 0.1) is 26.4 Å². The van der Waals surface area contributed by atoms with Crippen molar-refractivity contribution >= 4 is 39.5 Å². The van der Waals surface area contributed by atoms with Crippen molar-refractivity contribution in [2.75, 3.05) is 39.6 Å². The predicted molar refractivity (Wildman–Crippen MR) is 400 cm³/mol. The van der Waals surface area contributed by atoms with Gasteiger partial charge in [-0.25, -0.2) is 9.13 Å². The number of hydrogen-bond acceptors (Lipinski definition) is 15. The van der Waals surface area contributed by atoms with Crippen LogP contribution >= 0.6 is 15.6 Å². The van der Waals surface area contributed by atoms with Gasteiger partial charge < -0.3 is 33.8 Å². The van der Waals surface area contributed by atoms with E-state index in [0.717, 1.165) is 108 Å². The van der Waals surface area contributed by atoms with E-state index < -0.39 is 97.5 Å². The fraction of sp³-hybridized carbons (Fsp3) is 0.949. The SMILES string of the molecule is CCCCCCCCCCCCCCC(=O)O[C@H](COC(=O)CCCCCCCCCCC(C)C)COP(=O)(O)OC[C@H](O)COP(=O)(O)OC[C@@H](COC(=O)CCCCCCCCCCCCC(C)CC)OC(=O)CCCCCCCCCCCCCCCCCCCCC(C)C. The van der Waals surface area contributed by atoms with Crippen molar-refractivity contribution in [1.29, 1.82) is 0 Å². The molecule has 0 rings (SSSR count). The molecule has 0 aliphatic carbocycles. The molecule has 582 valence electrons. The van der Waals surface area contributed by atoms with Crippen LogP contribution in [0.3, 0.4) is 0 Å². The van der Waals surface area contributed by atoms with Gasteiger partial charge in [-0.05, 0) is 43.4 Å². The van der Waals surface area contributed by atoms with Crippen LogP contribution < -0.4 is 0 Å². The molecule has 0 aliphatic heterocycles. The van der Waals surface area contributed by atoms with Crippen molar-refractivity contribution in [2.45, 2.75) is 426 Å². The Kier molecular flexibility index (Phi) is 68.1. The number of ether oxygens (including phenoxy) is 4. The topological polar surface area (TPSA) is 237 Å². The van der Waals surface area contributed by atoms with Crippen LogP contribution in [0.4, 0.5) is 0 Å². The second-order valence-corrected chi connectivity index (χ2v) is 32.6. The maximum absolute atomic E-state index is 13.1. The Labute approximate surface area is 600 Å². The van der Waals surface area contributed by atoms with E-state index in [2.05, 4.69) is 48.5 Å². The van der Waals surface area contributed by atoms with Gasteiger partial charge >= 0.3 is 39.5 Å². The number of rotatable bonds is 77. The van der Waals surface area contributed by atoms with Crippen LogP contribution in [-0.4, -0.2) is 96.7 Å². The molecule has 0 radical (unpaired) electrons. The maximum Gasteiger partial charge on any atom is 0.472 e. The fourth-order valence-electron chi connectivity index (χ4n) is 12.1.